The van der Waals surface area contributed by atoms with Crippen molar-refractivity contribution in [2.24, 2.45) is 0 Å². The van der Waals surface area contributed by atoms with E-state index in [2.05, 4.69) is 0 Å². The first-order valence-corrected chi connectivity index (χ1v) is 6.90. The third kappa shape index (κ3) is 3.48. The quantitative estimate of drug-likeness (QED) is 0.483. The molecule has 2 aromatic carbocycles. The van der Waals surface area contributed by atoms with E-state index in [1.165, 1.54) is 39.5 Å². The maximum Gasteiger partial charge on any atom is 0.203 e. The second kappa shape index (κ2) is 6.91. The molecular formula is C17H19NO5. The lowest BCUT2D eigenvalue weighted by Crippen LogP contribution is -2.05. The van der Waals surface area contributed by atoms with Gasteiger partial charge in [-0.1, -0.05) is 0 Å². The van der Waals surface area contributed by atoms with Crippen molar-refractivity contribution in [2.45, 2.75) is 6.42 Å². The van der Waals surface area contributed by atoms with E-state index in [9.17, 15) is 9.90 Å². The van der Waals surface area contributed by atoms with Crippen molar-refractivity contribution < 1.29 is 24.1 Å². The Balaban J connectivity index is 2.31. The molecule has 0 saturated carbocycles. The molecule has 0 amide bonds. The van der Waals surface area contributed by atoms with Gasteiger partial charge in [-0.3, -0.25) is 4.79 Å². The predicted octanol–water partition coefficient (Wildman–Crippen LogP) is 2.43. The highest BCUT2D eigenvalue weighted by molar-refractivity contribution is 5.98. The van der Waals surface area contributed by atoms with Crippen LogP contribution in [0, 0.1) is 0 Å². The summed E-state index contributed by atoms with van der Waals surface area (Å²) in [7, 11) is 4.55. The summed E-state index contributed by atoms with van der Waals surface area (Å²) >= 11 is 0. The number of anilines is 1. The smallest absolute Gasteiger partial charge is 0.203 e. The Bertz CT molecular complexity index is 702. The van der Waals surface area contributed by atoms with Gasteiger partial charge < -0.3 is 25.1 Å². The molecule has 0 aliphatic rings. The van der Waals surface area contributed by atoms with Gasteiger partial charge in [-0.15, -0.1) is 0 Å². The van der Waals surface area contributed by atoms with Crippen molar-refractivity contribution in [1.82, 2.24) is 0 Å². The minimum Gasteiger partial charge on any atom is -0.506 e. The molecule has 0 saturated heterocycles. The molecule has 122 valence electrons. The Hall–Kier alpha value is -2.89. The van der Waals surface area contributed by atoms with Crippen LogP contribution < -0.4 is 19.9 Å². The Morgan fingerprint density at radius 2 is 1.65 bits per heavy atom. The van der Waals surface area contributed by atoms with Crippen molar-refractivity contribution >= 4 is 11.5 Å². The molecule has 3 N–H and O–H groups in total. The van der Waals surface area contributed by atoms with Gasteiger partial charge in [-0.05, 0) is 35.9 Å². The van der Waals surface area contributed by atoms with E-state index in [1.54, 1.807) is 12.1 Å². The zero-order valence-electron chi connectivity index (χ0n) is 13.3. The number of phenolic OH excluding ortho intramolecular Hbond substituents is 1. The zero-order chi connectivity index (χ0) is 17.0. The third-order valence-corrected chi connectivity index (χ3v) is 3.44. The number of hydrogen-bond acceptors (Lipinski definition) is 6. The molecule has 23 heavy (non-hydrogen) atoms. The highest BCUT2D eigenvalue weighted by atomic mass is 16.5. The van der Waals surface area contributed by atoms with Crippen molar-refractivity contribution in [1.29, 1.82) is 0 Å². The highest BCUT2D eigenvalue weighted by Gasteiger charge is 2.16. The summed E-state index contributed by atoms with van der Waals surface area (Å²) in [4.78, 5) is 12.4. The van der Waals surface area contributed by atoms with E-state index in [0.29, 0.717) is 22.8 Å². The molecule has 2 rings (SSSR count). The molecule has 2 aromatic rings. The molecule has 0 bridgehead atoms. The number of ether oxygens (including phenoxy) is 3. The number of hydrogen-bond donors (Lipinski definition) is 2. The first-order chi connectivity index (χ1) is 11.0. The maximum atomic E-state index is 12.4. The van der Waals surface area contributed by atoms with Gasteiger partial charge in [0, 0.05) is 12.0 Å². The summed E-state index contributed by atoms with van der Waals surface area (Å²) in [6.45, 7) is 0. The number of carbonyl (C=O) groups excluding carboxylic acids is 1. The van der Waals surface area contributed by atoms with E-state index < -0.39 is 0 Å². The standard InChI is InChI=1S/C17H19NO5/c1-21-15-7-10(8-16(22-2)17(15)23-3)6-14(20)11-4-5-13(19)12(18)9-11/h4-5,7-9,19H,6,18H2,1-3H3. The van der Waals surface area contributed by atoms with E-state index in [0.717, 1.165) is 5.56 Å². The van der Waals surface area contributed by atoms with Gasteiger partial charge in [-0.25, -0.2) is 0 Å². The van der Waals surface area contributed by atoms with Gasteiger partial charge in [-0.2, -0.15) is 0 Å². The lowest BCUT2D eigenvalue weighted by molar-refractivity contribution is 0.0993. The van der Waals surface area contributed by atoms with E-state index in [4.69, 9.17) is 19.9 Å². The maximum absolute atomic E-state index is 12.4. The average Bonchev–Trinajstić information content (AvgIpc) is 2.56. The average molecular weight is 317 g/mol. The SMILES string of the molecule is COc1cc(CC(=O)c2ccc(O)c(N)c2)cc(OC)c1OC. The van der Waals surface area contributed by atoms with Crippen molar-refractivity contribution in [3.63, 3.8) is 0 Å². The topological polar surface area (TPSA) is 91.0 Å². The number of nitrogens with two attached hydrogens (primary N) is 1. The Kier molecular flexibility index (Phi) is 4.95. The fraction of sp³-hybridized carbons (Fsp3) is 0.235. The van der Waals surface area contributed by atoms with E-state index >= 15 is 0 Å². The normalized spacial score (nSPS) is 10.2. The van der Waals surface area contributed by atoms with Gasteiger partial charge in [0.25, 0.3) is 0 Å². The molecule has 0 atom stereocenters. The van der Waals surface area contributed by atoms with Crippen LogP contribution in [0.5, 0.6) is 23.0 Å². The van der Waals surface area contributed by atoms with Crippen LogP contribution in [0.2, 0.25) is 0 Å². The molecule has 0 unspecified atom stereocenters. The lowest BCUT2D eigenvalue weighted by atomic mass is 10.0. The Morgan fingerprint density at radius 3 is 2.13 bits per heavy atom. The molecule has 6 heteroatoms. The number of carbonyl (C=O) groups is 1. The van der Waals surface area contributed by atoms with Crippen LogP contribution in [0.1, 0.15) is 15.9 Å². The minimum atomic E-state index is -0.133. The van der Waals surface area contributed by atoms with E-state index in [-0.39, 0.29) is 23.6 Å². The van der Waals surface area contributed by atoms with Gasteiger partial charge in [0.1, 0.15) is 5.75 Å². The molecule has 0 spiro atoms. The molecule has 6 nitrogen and oxygen atoms in total. The van der Waals surface area contributed by atoms with Gasteiger partial charge >= 0.3 is 0 Å². The Labute approximate surface area is 134 Å². The van der Waals surface area contributed by atoms with E-state index in [1.807, 2.05) is 0 Å². The summed E-state index contributed by atoms with van der Waals surface area (Å²) in [6.07, 6.45) is 0.140. The van der Waals surface area contributed by atoms with Crippen LogP contribution in [-0.4, -0.2) is 32.2 Å². The number of benzene rings is 2. The highest BCUT2D eigenvalue weighted by Crippen LogP contribution is 2.38. The zero-order valence-corrected chi connectivity index (χ0v) is 13.3. The second-order valence-corrected chi connectivity index (χ2v) is 4.91. The summed E-state index contributed by atoms with van der Waals surface area (Å²) in [6, 6.07) is 7.84. The number of rotatable bonds is 6. The van der Waals surface area contributed by atoms with Gasteiger partial charge in [0.2, 0.25) is 5.75 Å². The van der Waals surface area contributed by atoms with Gasteiger partial charge in [0.05, 0.1) is 27.0 Å². The summed E-state index contributed by atoms with van der Waals surface area (Å²) in [5, 5.41) is 9.43. The van der Waals surface area contributed by atoms with Crippen LogP contribution in [0.15, 0.2) is 30.3 Å². The number of phenols is 1. The predicted molar refractivity (Wildman–Crippen MR) is 86.7 cm³/mol. The summed E-state index contributed by atoms with van der Waals surface area (Å²) in [5.74, 6) is 1.26. The Morgan fingerprint density at radius 1 is 1.04 bits per heavy atom. The second-order valence-electron chi connectivity index (χ2n) is 4.91. The van der Waals surface area contributed by atoms with Crippen LogP contribution >= 0.6 is 0 Å². The lowest BCUT2D eigenvalue weighted by Gasteiger charge is -2.14. The van der Waals surface area contributed by atoms with Crippen molar-refractivity contribution in [2.75, 3.05) is 27.1 Å². The molecule has 0 aliphatic carbocycles. The first-order valence-electron chi connectivity index (χ1n) is 6.90. The van der Waals surface area contributed by atoms with Crippen LogP contribution in [0.25, 0.3) is 0 Å². The number of nitrogen functional groups attached to an aromatic ring is 1. The van der Waals surface area contributed by atoms with Gasteiger partial charge in [0.15, 0.2) is 17.3 Å². The molecule has 0 radical (unpaired) electrons. The molecule has 0 heterocycles. The molecule has 0 aliphatic heterocycles. The number of methoxy groups -OCH3 is 3. The third-order valence-electron chi connectivity index (χ3n) is 3.44. The molecular weight excluding hydrogens is 298 g/mol. The fourth-order valence-electron chi connectivity index (χ4n) is 2.25. The number of aromatic hydroxyl groups is 1. The van der Waals surface area contributed by atoms with Crippen LogP contribution in [0.4, 0.5) is 5.69 Å². The van der Waals surface area contributed by atoms with Crippen molar-refractivity contribution in [3.8, 4) is 23.0 Å². The van der Waals surface area contributed by atoms with Crippen LogP contribution in [0.3, 0.4) is 0 Å². The van der Waals surface area contributed by atoms with Crippen LogP contribution in [-0.2, 0) is 6.42 Å². The summed E-state index contributed by atoms with van der Waals surface area (Å²) in [5.41, 5.74) is 6.93. The largest absolute Gasteiger partial charge is 0.506 e. The fourth-order valence-corrected chi connectivity index (χ4v) is 2.25. The molecule has 0 fully saturated rings. The number of Topliss-reactive ketones (excluding diaryl/α,β-unsaturated/α-hetero) is 1. The monoisotopic (exact) mass is 317 g/mol. The molecule has 0 aromatic heterocycles. The number of ketones is 1. The first kappa shape index (κ1) is 16.5. The van der Waals surface area contributed by atoms with Crippen molar-refractivity contribution in [3.05, 3.63) is 41.5 Å². The summed E-state index contributed by atoms with van der Waals surface area (Å²) < 4.78 is 15.8. The minimum absolute atomic E-state index is 0.0469.